The van der Waals surface area contributed by atoms with Crippen molar-refractivity contribution in [2.24, 2.45) is 11.7 Å². The Morgan fingerprint density at radius 3 is 3.11 bits per heavy atom. The van der Waals surface area contributed by atoms with E-state index in [1.807, 2.05) is 6.08 Å². The molecular formula is C7H13NO. The molecule has 0 aromatic heterocycles. The van der Waals surface area contributed by atoms with E-state index in [0.717, 1.165) is 6.61 Å². The molecule has 1 aliphatic rings. The third kappa shape index (κ3) is 1.53. The van der Waals surface area contributed by atoms with Crippen molar-refractivity contribution in [3.05, 3.63) is 12.2 Å². The van der Waals surface area contributed by atoms with Crippen molar-refractivity contribution in [3.63, 3.8) is 0 Å². The largest absolute Gasteiger partial charge is 0.370 e. The van der Waals surface area contributed by atoms with E-state index in [4.69, 9.17) is 10.5 Å². The highest BCUT2D eigenvalue weighted by Gasteiger charge is 2.15. The van der Waals surface area contributed by atoms with Crippen LogP contribution in [0, 0.1) is 5.92 Å². The Morgan fingerprint density at radius 2 is 2.67 bits per heavy atom. The lowest BCUT2D eigenvalue weighted by Crippen LogP contribution is -2.23. The van der Waals surface area contributed by atoms with Crippen LogP contribution in [0.1, 0.15) is 6.92 Å². The molecule has 52 valence electrons. The van der Waals surface area contributed by atoms with Gasteiger partial charge in [0.25, 0.3) is 0 Å². The van der Waals surface area contributed by atoms with Crippen LogP contribution >= 0.6 is 0 Å². The first-order chi connectivity index (χ1) is 4.34. The summed E-state index contributed by atoms with van der Waals surface area (Å²) in [6, 6.07) is 0. The summed E-state index contributed by atoms with van der Waals surface area (Å²) < 4.78 is 5.31. The number of nitrogens with two attached hydrogens (primary N) is 1. The third-order valence-electron chi connectivity index (χ3n) is 1.64. The first-order valence-electron chi connectivity index (χ1n) is 3.33. The van der Waals surface area contributed by atoms with E-state index in [9.17, 15) is 0 Å². The highest BCUT2D eigenvalue weighted by atomic mass is 16.5. The van der Waals surface area contributed by atoms with E-state index < -0.39 is 0 Å². The topological polar surface area (TPSA) is 35.2 Å². The van der Waals surface area contributed by atoms with Gasteiger partial charge in [-0.25, -0.2) is 0 Å². The molecule has 0 spiro atoms. The van der Waals surface area contributed by atoms with Gasteiger partial charge in [0.1, 0.15) is 0 Å². The molecule has 9 heavy (non-hydrogen) atoms. The Balaban J connectivity index is 2.33. The van der Waals surface area contributed by atoms with Crippen LogP contribution in [-0.4, -0.2) is 19.3 Å². The molecule has 2 N–H and O–H groups in total. The molecule has 1 heterocycles. The molecule has 0 saturated heterocycles. The maximum atomic E-state index is 5.44. The summed E-state index contributed by atoms with van der Waals surface area (Å²) in [6.45, 7) is 3.56. The molecule has 0 unspecified atom stereocenters. The van der Waals surface area contributed by atoms with Gasteiger partial charge in [-0.1, -0.05) is 19.1 Å². The predicted octanol–water partition coefficient (Wildman–Crippen LogP) is 0.536. The van der Waals surface area contributed by atoms with Crippen LogP contribution in [0.25, 0.3) is 0 Å². The lowest BCUT2D eigenvalue weighted by Gasteiger charge is -2.14. The second-order valence-corrected chi connectivity index (χ2v) is 2.44. The van der Waals surface area contributed by atoms with E-state index in [1.165, 1.54) is 0 Å². The Labute approximate surface area is 55.7 Å². The molecule has 1 aliphatic heterocycles. The zero-order valence-corrected chi connectivity index (χ0v) is 5.71. The van der Waals surface area contributed by atoms with Crippen molar-refractivity contribution in [2.75, 3.05) is 13.2 Å². The average molecular weight is 127 g/mol. The molecular weight excluding hydrogens is 114 g/mol. The number of rotatable bonds is 2. The fraction of sp³-hybridized carbons (Fsp3) is 0.714. The summed E-state index contributed by atoms with van der Waals surface area (Å²) in [5, 5.41) is 0. The van der Waals surface area contributed by atoms with Crippen molar-refractivity contribution in [3.8, 4) is 0 Å². The molecule has 0 bridgehead atoms. The van der Waals surface area contributed by atoms with Gasteiger partial charge in [0.05, 0.1) is 12.7 Å². The quantitative estimate of drug-likeness (QED) is 0.549. The van der Waals surface area contributed by atoms with Crippen molar-refractivity contribution in [2.45, 2.75) is 13.0 Å². The van der Waals surface area contributed by atoms with Gasteiger partial charge in [0.15, 0.2) is 0 Å². The molecule has 1 rings (SSSR count). The van der Waals surface area contributed by atoms with Crippen molar-refractivity contribution < 1.29 is 4.74 Å². The fourth-order valence-electron chi connectivity index (χ4n) is 0.900. The summed E-state index contributed by atoms with van der Waals surface area (Å²) in [5.41, 5.74) is 5.44. The molecule has 0 fully saturated rings. The molecule has 0 aromatic rings. The summed E-state index contributed by atoms with van der Waals surface area (Å²) in [5.74, 6) is 0.462. The second-order valence-electron chi connectivity index (χ2n) is 2.44. The van der Waals surface area contributed by atoms with E-state index >= 15 is 0 Å². The zero-order valence-electron chi connectivity index (χ0n) is 5.71. The second kappa shape index (κ2) is 2.99. The number of hydrogen-bond acceptors (Lipinski definition) is 2. The van der Waals surface area contributed by atoms with Crippen LogP contribution in [0.15, 0.2) is 12.2 Å². The smallest absolute Gasteiger partial charge is 0.0798 e. The predicted molar refractivity (Wildman–Crippen MR) is 37.1 cm³/mol. The summed E-state index contributed by atoms with van der Waals surface area (Å²) in [7, 11) is 0. The molecule has 0 aliphatic carbocycles. The minimum absolute atomic E-state index is 0.273. The van der Waals surface area contributed by atoms with E-state index in [0.29, 0.717) is 12.5 Å². The van der Waals surface area contributed by atoms with E-state index in [1.54, 1.807) is 0 Å². The summed E-state index contributed by atoms with van der Waals surface area (Å²) in [4.78, 5) is 0. The lowest BCUT2D eigenvalue weighted by atomic mass is 10.1. The van der Waals surface area contributed by atoms with Gasteiger partial charge >= 0.3 is 0 Å². The zero-order chi connectivity index (χ0) is 6.69. The van der Waals surface area contributed by atoms with Gasteiger partial charge in [0.2, 0.25) is 0 Å². The monoisotopic (exact) mass is 127 g/mol. The van der Waals surface area contributed by atoms with Gasteiger partial charge in [0, 0.05) is 0 Å². The van der Waals surface area contributed by atoms with Gasteiger partial charge in [-0.3, -0.25) is 0 Å². The van der Waals surface area contributed by atoms with Gasteiger partial charge in [-0.05, 0) is 12.5 Å². The van der Waals surface area contributed by atoms with Crippen molar-refractivity contribution in [1.82, 2.24) is 0 Å². The Kier molecular flexibility index (Phi) is 2.25. The maximum absolute atomic E-state index is 5.44. The fourth-order valence-corrected chi connectivity index (χ4v) is 0.900. The Morgan fingerprint density at radius 1 is 1.89 bits per heavy atom. The molecule has 0 amide bonds. The summed E-state index contributed by atoms with van der Waals surface area (Å²) in [6.07, 6.45) is 4.39. The summed E-state index contributed by atoms with van der Waals surface area (Å²) >= 11 is 0. The van der Waals surface area contributed by atoms with Crippen LogP contribution in [0.4, 0.5) is 0 Å². The first-order valence-corrected chi connectivity index (χ1v) is 3.33. The highest BCUT2D eigenvalue weighted by Crippen LogP contribution is 2.11. The van der Waals surface area contributed by atoms with Crippen molar-refractivity contribution >= 4 is 0 Å². The first kappa shape index (κ1) is 6.78. The van der Waals surface area contributed by atoms with Gasteiger partial charge in [-0.2, -0.15) is 0 Å². The van der Waals surface area contributed by atoms with Gasteiger partial charge in [-0.15, -0.1) is 0 Å². The number of hydrogen-bond donors (Lipinski definition) is 1. The standard InChI is InChI=1S/C7H13NO/c1-6(5-8)7-3-2-4-9-7/h2-3,6-7H,4-5,8H2,1H3/t6-,7+/m0/s1. The minimum Gasteiger partial charge on any atom is -0.370 e. The normalized spacial score (nSPS) is 28.9. The van der Waals surface area contributed by atoms with Crippen LogP contribution in [0.2, 0.25) is 0 Å². The van der Waals surface area contributed by atoms with Crippen LogP contribution < -0.4 is 5.73 Å². The molecule has 2 heteroatoms. The SMILES string of the molecule is C[C@@H](CN)[C@H]1C=CCO1. The molecule has 2 nitrogen and oxygen atoms in total. The molecule has 0 radical (unpaired) electrons. The lowest BCUT2D eigenvalue weighted by molar-refractivity contribution is 0.0901. The average Bonchev–Trinajstić information content (AvgIpc) is 2.37. The van der Waals surface area contributed by atoms with Crippen molar-refractivity contribution in [1.29, 1.82) is 0 Å². The molecule has 2 atom stereocenters. The highest BCUT2D eigenvalue weighted by molar-refractivity contribution is 4.97. The number of ether oxygens (including phenoxy) is 1. The van der Waals surface area contributed by atoms with Crippen LogP contribution in [0.3, 0.4) is 0 Å². The van der Waals surface area contributed by atoms with Gasteiger partial charge < -0.3 is 10.5 Å². The Bertz CT molecular complexity index is 111. The maximum Gasteiger partial charge on any atom is 0.0798 e. The third-order valence-corrected chi connectivity index (χ3v) is 1.64. The van der Waals surface area contributed by atoms with E-state index in [2.05, 4.69) is 13.0 Å². The molecule has 0 saturated carbocycles. The van der Waals surface area contributed by atoms with Crippen LogP contribution in [-0.2, 0) is 4.74 Å². The minimum atomic E-state index is 0.273. The Hall–Kier alpha value is -0.340. The van der Waals surface area contributed by atoms with E-state index in [-0.39, 0.29) is 6.10 Å². The molecule has 0 aromatic carbocycles. The van der Waals surface area contributed by atoms with Crippen LogP contribution in [0.5, 0.6) is 0 Å².